The van der Waals surface area contributed by atoms with Gasteiger partial charge in [0.15, 0.2) is 5.78 Å². The third-order valence-electron chi connectivity index (χ3n) is 2.77. The third kappa shape index (κ3) is 2.59. The SMILES string of the molecule is COc1ccc(O)cc1C(=O)c1ccc([N+](=O)[O-])cc1. The van der Waals surface area contributed by atoms with Crippen molar-refractivity contribution in [1.29, 1.82) is 0 Å². The molecule has 1 N–H and O–H groups in total. The summed E-state index contributed by atoms with van der Waals surface area (Å²) in [6.07, 6.45) is 0. The summed E-state index contributed by atoms with van der Waals surface area (Å²) < 4.78 is 5.06. The average molecular weight is 273 g/mol. The zero-order valence-electron chi connectivity index (χ0n) is 10.6. The predicted octanol–water partition coefficient (Wildman–Crippen LogP) is 2.54. The van der Waals surface area contributed by atoms with E-state index >= 15 is 0 Å². The van der Waals surface area contributed by atoms with Crippen molar-refractivity contribution < 1.29 is 19.6 Å². The summed E-state index contributed by atoms with van der Waals surface area (Å²) in [4.78, 5) is 22.3. The number of ketones is 1. The second-order valence-corrected chi connectivity index (χ2v) is 4.02. The molecule has 6 heteroatoms. The van der Waals surface area contributed by atoms with E-state index in [1.54, 1.807) is 0 Å². The molecule has 102 valence electrons. The van der Waals surface area contributed by atoms with E-state index in [0.717, 1.165) is 0 Å². The number of non-ortho nitro benzene ring substituents is 1. The maximum Gasteiger partial charge on any atom is 0.269 e. The molecule has 20 heavy (non-hydrogen) atoms. The highest BCUT2D eigenvalue weighted by molar-refractivity contribution is 6.11. The van der Waals surface area contributed by atoms with Crippen LogP contribution >= 0.6 is 0 Å². The van der Waals surface area contributed by atoms with Crippen LogP contribution in [0.1, 0.15) is 15.9 Å². The fraction of sp³-hybridized carbons (Fsp3) is 0.0714. The Bertz CT molecular complexity index is 664. The summed E-state index contributed by atoms with van der Waals surface area (Å²) in [6, 6.07) is 9.42. The molecule has 0 aliphatic carbocycles. The smallest absolute Gasteiger partial charge is 0.269 e. The van der Waals surface area contributed by atoms with Crippen molar-refractivity contribution in [3.8, 4) is 11.5 Å². The van der Waals surface area contributed by atoms with Crippen LogP contribution < -0.4 is 4.74 Å². The molecule has 0 bridgehead atoms. The Morgan fingerprint density at radius 3 is 2.40 bits per heavy atom. The predicted molar refractivity (Wildman–Crippen MR) is 71.2 cm³/mol. The van der Waals surface area contributed by atoms with Crippen LogP contribution in [0.25, 0.3) is 0 Å². The molecule has 0 aliphatic rings. The molecule has 6 nitrogen and oxygen atoms in total. The first kappa shape index (κ1) is 13.5. The fourth-order valence-corrected chi connectivity index (χ4v) is 1.76. The minimum absolute atomic E-state index is 0.0592. The summed E-state index contributed by atoms with van der Waals surface area (Å²) >= 11 is 0. The molecule has 0 fully saturated rings. The van der Waals surface area contributed by atoms with E-state index in [1.807, 2.05) is 0 Å². The summed E-state index contributed by atoms with van der Waals surface area (Å²) in [5.41, 5.74) is 0.380. The Kier molecular flexibility index (Phi) is 3.65. The van der Waals surface area contributed by atoms with Crippen LogP contribution in [0.2, 0.25) is 0 Å². The van der Waals surface area contributed by atoms with Crippen LogP contribution in [0.3, 0.4) is 0 Å². The lowest BCUT2D eigenvalue weighted by Gasteiger charge is -2.08. The van der Waals surface area contributed by atoms with Gasteiger partial charge < -0.3 is 9.84 Å². The Morgan fingerprint density at radius 2 is 1.85 bits per heavy atom. The van der Waals surface area contributed by atoms with E-state index in [-0.39, 0.29) is 28.3 Å². The second-order valence-electron chi connectivity index (χ2n) is 4.02. The standard InChI is InChI=1S/C14H11NO5/c1-20-13-7-6-11(16)8-12(13)14(17)9-2-4-10(5-3-9)15(18)19/h2-8,16H,1H3. The molecule has 2 aromatic rings. The lowest BCUT2D eigenvalue weighted by molar-refractivity contribution is -0.384. The number of hydrogen-bond acceptors (Lipinski definition) is 5. The van der Waals surface area contributed by atoms with Gasteiger partial charge in [0, 0.05) is 17.7 Å². The van der Waals surface area contributed by atoms with Gasteiger partial charge in [-0.2, -0.15) is 0 Å². The molecule has 0 amide bonds. The van der Waals surface area contributed by atoms with E-state index in [9.17, 15) is 20.0 Å². The Hall–Kier alpha value is -2.89. The summed E-state index contributed by atoms with van der Waals surface area (Å²) in [5.74, 6) is -0.116. The lowest BCUT2D eigenvalue weighted by atomic mass is 10.0. The molecule has 0 aromatic heterocycles. The van der Waals surface area contributed by atoms with Crippen molar-refractivity contribution in [2.75, 3.05) is 7.11 Å². The van der Waals surface area contributed by atoms with Gasteiger partial charge in [-0.3, -0.25) is 14.9 Å². The van der Waals surface area contributed by atoms with Gasteiger partial charge in [-0.1, -0.05) is 0 Å². The highest BCUT2D eigenvalue weighted by Gasteiger charge is 2.16. The van der Waals surface area contributed by atoms with Gasteiger partial charge >= 0.3 is 0 Å². The number of carbonyl (C=O) groups is 1. The maximum atomic E-state index is 12.3. The number of phenolic OH excluding ortho intramolecular Hbond substituents is 1. The quantitative estimate of drug-likeness (QED) is 0.525. The molecule has 0 atom stereocenters. The topological polar surface area (TPSA) is 89.7 Å². The van der Waals surface area contributed by atoms with Gasteiger partial charge in [-0.05, 0) is 30.3 Å². The monoisotopic (exact) mass is 273 g/mol. The van der Waals surface area contributed by atoms with Crippen molar-refractivity contribution in [3.05, 3.63) is 63.7 Å². The minimum atomic E-state index is -0.539. The minimum Gasteiger partial charge on any atom is -0.508 e. The van der Waals surface area contributed by atoms with Crippen LogP contribution in [0.4, 0.5) is 5.69 Å². The van der Waals surface area contributed by atoms with Gasteiger partial charge in [0.05, 0.1) is 17.6 Å². The van der Waals surface area contributed by atoms with Crippen LogP contribution in [0, 0.1) is 10.1 Å². The first-order valence-corrected chi connectivity index (χ1v) is 5.69. The Labute approximate surface area is 114 Å². The lowest BCUT2D eigenvalue weighted by Crippen LogP contribution is -2.04. The first-order chi connectivity index (χ1) is 9.52. The number of phenols is 1. The number of nitro groups is 1. The Balaban J connectivity index is 2.40. The molecule has 0 aliphatic heterocycles. The van der Waals surface area contributed by atoms with E-state index in [4.69, 9.17) is 4.74 Å². The number of rotatable bonds is 4. The number of nitro benzene ring substituents is 1. The van der Waals surface area contributed by atoms with E-state index < -0.39 is 4.92 Å². The normalized spacial score (nSPS) is 10.1. The highest BCUT2D eigenvalue weighted by atomic mass is 16.6. The van der Waals surface area contributed by atoms with Gasteiger partial charge in [-0.15, -0.1) is 0 Å². The van der Waals surface area contributed by atoms with Crippen molar-refractivity contribution in [2.24, 2.45) is 0 Å². The summed E-state index contributed by atoms with van der Waals surface area (Å²) in [6.45, 7) is 0. The van der Waals surface area contributed by atoms with E-state index in [0.29, 0.717) is 5.75 Å². The van der Waals surface area contributed by atoms with Crippen molar-refractivity contribution >= 4 is 11.5 Å². The molecule has 2 rings (SSSR count). The second kappa shape index (κ2) is 5.40. The maximum absolute atomic E-state index is 12.3. The molecule has 0 heterocycles. The third-order valence-corrected chi connectivity index (χ3v) is 2.77. The number of ether oxygens (including phenoxy) is 1. The molecule has 2 aromatic carbocycles. The van der Waals surface area contributed by atoms with Crippen LogP contribution in [-0.2, 0) is 0 Å². The number of methoxy groups -OCH3 is 1. The van der Waals surface area contributed by atoms with Gasteiger partial charge in [0.1, 0.15) is 11.5 Å². The molecule has 0 saturated heterocycles. The summed E-state index contributed by atoms with van der Waals surface area (Å²) in [7, 11) is 1.42. The van der Waals surface area contributed by atoms with Gasteiger partial charge in [0.2, 0.25) is 0 Å². The molecular formula is C14H11NO5. The fourth-order valence-electron chi connectivity index (χ4n) is 1.76. The van der Waals surface area contributed by atoms with Crippen molar-refractivity contribution in [2.45, 2.75) is 0 Å². The molecule has 0 saturated carbocycles. The Morgan fingerprint density at radius 1 is 1.20 bits per heavy atom. The number of hydrogen-bond donors (Lipinski definition) is 1. The molecular weight excluding hydrogens is 262 g/mol. The van der Waals surface area contributed by atoms with Crippen LogP contribution in [0.5, 0.6) is 11.5 Å². The summed E-state index contributed by atoms with van der Waals surface area (Å²) in [5, 5.41) is 20.0. The van der Waals surface area contributed by atoms with E-state index in [1.165, 1.54) is 49.6 Å². The van der Waals surface area contributed by atoms with Gasteiger partial charge in [0.25, 0.3) is 5.69 Å². The number of aromatic hydroxyl groups is 1. The highest BCUT2D eigenvalue weighted by Crippen LogP contribution is 2.26. The molecule has 0 unspecified atom stereocenters. The van der Waals surface area contributed by atoms with Crippen molar-refractivity contribution in [3.63, 3.8) is 0 Å². The number of nitrogens with zero attached hydrogens (tertiary/aromatic N) is 1. The van der Waals surface area contributed by atoms with Gasteiger partial charge in [-0.25, -0.2) is 0 Å². The number of carbonyl (C=O) groups excluding carboxylic acids is 1. The molecule has 0 spiro atoms. The zero-order chi connectivity index (χ0) is 14.7. The molecule has 0 radical (unpaired) electrons. The van der Waals surface area contributed by atoms with Crippen LogP contribution in [-0.4, -0.2) is 22.9 Å². The number of benzene rings is 2. The van der Waals surface area contributed by atoms with Crippen molar-refractivity contribution in [1.82, 2.24) is 0 Å². The van der Waals surface area contributed by atoms with Crippen LogP contribution in [0.15, 0.2) is 42.5 Å². The van der Waals surface area contributed by atoms with E-state index in [2.05, 4.69) is 0 Å². The first-order valence-electron chi connectivity index (χ1n) is 5.69. The average Bonchev–Trinajstić information content (AvgIpc) is 2.46. The zero-order valence-corrected chi connectivity index (χ0v) is 10.6. The largest absolute Gasteiger partial charge is 0.508 e.